The fraction of sp³-hybridized carbons (Fsp3) is 1.00. The molecule has 0 heterocycles. The molecule has 0 N–H and O–H groups in total. The molecule has 0 aliphatic rings. The predicted molar refractivity (Wildman–Crippen MR) is 152 cm³/mol. The summed E-state index contributed by atoms with van der Waals surface area (Å²) in [7, 11) is 0. The molecule has 0 unspecified atom stereocenters. The first-order valence-electron chi connectivity index (χ1n) is 13.9. The summed E-state index contributed by atoms with van der Waals surface area (Å²) in [6, 6.07) is 0. The van der Waals surface area contributed by atoms with Crippen LogP contribution in [0.1, 0.15) is 177 Å². The van der Waals surface area contributed by atoms with Gasteiger partial charge in [-0.25, -0.2) is 0 Å². The van der Waals surface area contributed by atoms with Gasteiger partial charge in [-0.15, -0.1) is 0 Å². The molecular weight excluding hydrogens is 352 g/mol. The second-order valence-electron chi connectivity index (χ2n) is 3.26. The largest absolute Gasteiger partial charge is 0.382 e. The highest BCUT2D eigenvalue weighted by molar-refractivity contribution is 4.31. The molecule has 1 heteroatoms. The molecule has 0 aliphatic carbocycles. The lowest BCUT2D eigenvalue weighted by atomic mass is 10.2. The van der Waals surface area contributed by atoms with Crippen LogP contribution in [0.2, 0.25) is 0 Å². The Morgan fingerprint density at radius 1 is 0.345 bits per heavy atom. The van der Waals surface area contributed by atoms with E-state index in [9.17, 15) is 0 Å². The summed E-state index contributed by atoms with van der Waals surface area (Å²) in [5.41, 5.74) is 0. The van der Waals surface area contributed by atoms with Gasteiger partial charge in [0, 0.05) is 13.2 Å². The van der Waals surface area contributed by atoms with Crippen molar-refractivity contribution in [2.75, 3.05) is 13.2 Å². The standard InChI is InChI=1S/C6H14O.C6H14.8C2H6/c1-3-5-6-7-4-2;1-3-5-6-4-2;8*1-2/h3-6H2,1-2H3;3-6H2,1-2H3;8*1-2H3. The van der Waals surface area contributed by atoms with Crippen LogP contribution in [-0.2, 0) is 4.74 Å². The second kappa shape index (κ2) is 253. The van der Waals surface area contributed by atoms with Crippen molar-refractivity contribution in [3.8, 4) is 0 Å². The van der Waals surface area contributed by atoms with Gasteiger partial charge in [-0.3, -0.25) is 0 Å². The van der Waals surface area contributed by atoms with Gasteiger partial charge >= 0.3 is 0 Å². The Bertz CT molecular complexity index is 55.3. The van der Waals surface area contributed by atoms with Crippen LogP contribution in [0.4, 0.5) is 0 Å². The van der Waals surface area contributed by atoms with Gasteiger partial charge in [0.05, 0.1) is 0 Å². The van der Waals surface area contributed by atoms with Gasteiger partial charge in [0.25, 0.3) is 0 Å². The highest BCUT2D eigenvalue weighted by Crippen LogP contribution is 1.95. The van der Waals surface area contributed by atoms with E-state index in [0.717, 1.165) is 13.2 Å². The maximum Gasteiger partial charge on any atom is 0.0465 e. The minimum absolute atomic E-state index is 0.861. The maximum atomic E-state index is 5.07. The van der Waals surface area contributed by atoms with E-state index in [-0.39, 0.29) is 0 Å². The SMILES string of the molecule is CC.CC.CC.CC.CC.CC.CC.CC.CCCCCC.CCCCOCC. The molecule has 0 amide bonds. The predicted octanol–water partition coefficient (Wildman–Crippen LogP) is 12.6. The van der Waals surface area contributed by atoms with Crippen molar-refractivity contribution < 1.29 is 4.74 Å². The lowest BCUT2D eigenvalue weighted by Crippen LogP contribution is -1.90. The summed E-state index contributed by atoms with van der Waals surface area (Å²) in [5, 5.41) is 0. The molecule has 0 spiro atoms. The van der Waals surface area contributed by atoms with Gasteiger partial charge < -0.3 is 4.74 Å². The molecule has 0 aliphatic heterocycles. The summed E-state index contributed by atoms with van der Waals surface area (Å²) in [6.45, 7) is 42.5. The minimum atomic E-state index is 0.861. The lowest BCUT2D eigenvalue weighted by Gasteiger charge is -1.94. The van der Waals surface area contributed by atoms with E-state index in [1.165, 1.54) is 38.5 Å². The Hall–Kier alpha value is -0.0400. The van der Waals surface area contributed by atoms with Crippen molar-refractivity contribution in [3.63, 3.8) is 0 Å². The third kappa shape index (κ3) is 389. The van der Waals surface area contributed by atoms with E-state index in [4.69, 9.17) is 4.74 Å². The molecule has 0 saturated heterocycles. The molecule has 29 heavy (non-hydrogen) atoms. The van der Waals surface area contributed by atoms with Crippen molar-refractivity contribution in [1.82, 2.24) is 0 Å². The Labute approximate surface area is 195 Å². The van der Waals surface area contributed by atoms with Crippen LogP contribution in [0.15, 0.2) is 0 Å². The van der Waals surface area contributed by atoms with Crippen molar-refractivity contribution in [2.24, 2.45) is 0 Å². The van der Waals surface area contributed by atoms with E-state index >= 15 is 0 Å². The average molecular weight is 429 g/mol. The third-order valence-corrected chi connectivity index (χ3v) is 1.80. The minimum Gasteiger partial charge on any atom is -0.382 e. The molecule has 0 atom stereocenters. The van der Waals surface area contributed by atoms with Gasteiger partial charge in [0.2, 0.25) is 0 Å². The van der Waals surface area contributed by atoms with Gasteiger partial charge in [0.1, 0.15) is 0 Å². The summed E-state index contributed by atoms with van der Waals surface area (Å²) in [6.07, 6.45) is 7.97. The highest BCUT2D eigenvalue weighted by Gasteiger charge is 1.78. The first-order valence-corrected chi connectivity index (χ1v) is 13.9. The zero-order valence-electron chi connectivity index (χ0n) is 26.1. The smallest absolute Gasteiger partial charge is 0.0465 e. The van der Waals surface area contributed by atoms with Gasteiger partial charge in [-0.2, -0.15) is 0 Å². The first kappa shape index (κ1) is 63.0. The Balaban J connectivity index is -0.0000000187. The summed E-state index contributed by atoms with van der Waals surface area (Å²) >= 11 is 0. The van der Waals surface area contributed by atoms with Crippen molar-refractivity contribution in [1.29, 1.82) is 0 Å². The van der Waals surface area contributed by atoms with Crippen LogP contribution < -0.4 is 0 Å². The topological polar surface area (TPSA) is 9.23 Å². The van der Waals surface area contributed by atoms with Crippen molar-refractivity contribution in [3.05, 3.63) is 0 Å². The molecule has 0 aromatic heterocycles. The Kier molecular flexibility index (Phi) is 550. The number of hydrogen-bond acceptors (Lipinski definition) is 1. The van der Waals surface area contributed by atoms with Crippen molar-refractivity contribution in [2.45, 2.75) is 177 Å². The van der Waals surface area contributed by atoms with Gasteiger partial charge in [-0.05, 0) is 13.3 Å². The van der Waals surface area contributed by atoms with Crippen LogP contribution in [0.3, 0.4) is 0 Å². The highest BCUT2D eigenvalue weighted by atomic mass is 16.5. The van der Waals surface area contributed by atoms with Crippen LogP contribution >= 0.6 is 0 Å². The average Bonchev–Trinajstić information content (AvgIpc) is 2.88. The van der Waals surface area contributed by atoms with Crippen LogP contribution in [0.25, 0.3) is 0 Å². The summed E-state index contributed by atoms with van der Waals surface area (Å²) in [5.74, 6) is 0. The summed E-state index contributed by atoms with van der Waals surface area (Å²) in [4.78, 5) is 0. The molecule has 0 aromatic rings. The first-order chi connectivity index (χ1) is 14.3. The van der Waals surface area contributed by atoms with E-state index in [1.807, 2.05) is 118 Å². The normalized spacial score (nSPS) is 5.79. The maximum absolute atomic E-state index is 5.07. The third-order valence-electron chi connectivity index (χ3n) is 1.80. The molecule has 0 rings (SSSR count). The zero-order chi connectivity index (χ0) is 26.4. The number of ether oxygens (including phenoxy) is 1. The summed E-state index contributed by atoms with van der Waals surface area (Å²) < 4.78 is 5.07. The molecule has 0 fully saturated rings. The molecule has 0 radical (unpaired) electrons. The fourth-order valence-corrected chi connectivity index (χ4v) is 0.891. The number of unbranched alkanes of at least 4 members (excludes halogenated alkanes) is 4. The number of rotatable bonds is 7. The van der Waals surface area contributed by atoms with Gasteiger partial charge in [0.15, 0.2) is 0 Å². The van der Waals surface area contributed by atoms with E-state index in [0.29, 0.717) is 0 Å². The second-order valence-corrected chi connectivity index (χ2v) is 3.26. The Morgan fingerprint density at radius 3 is 0.690 bits per heavy atom. The molecule has 0 aromatic carbocycles. The molecular formula is C28H76O. The zero-order valence-corrected chi connectivity index (χ0v) is 26.1. The van der Waals surface area contributed by atoms with E-state index in [2.05, 4.69) is 20.8 Å². The van der Waals surface area contributed by atoms with Crippen LogP contribution in [0, 0.1) is 0 Å². The fourth-order valence-electron chi connectivity index (χ4n) is 0.891. The van der Waals surface area contributed by atoms with Crippen LogP contribution in [0.5, 0.6) is 0 Å². The van der Waals surface area contributed by atoms with E-state index < -0.39 is 0 Å². The molecule has 0 saturated carbocycles. The van der Waals surface area contributed by atoms with Crippen molar-refractivity contribution >= 4 is 0 Å². The quantitative estimate of drug-likeness (QED) is 0.366. The number of hydrogen-bond donors (Lipinski definition) is 0. The molecule has 1 nitrogen and oxygen atoms in total. The molecule has 194 valence electrons. The van der Waals surface area contributed by atoms with Gasteiger partial charge in [-0.1, -0.05) is 164 Å². The molecule has 0 bridgehead atoms. The monoisotopic (exact) mass is 429 g/mol. The van der Waals surface area contributed by atoms with E-state index in [1.54, 1.807) is 0 Å². The van der Waals surface area contributed by atoms with Crippen LogP contribution in [-0.4, -0.2) is 13.2 Å². The lowest BCUT2D eigenvalue weighted by molar-refractivity contribution is 0.144. The Morgan fingerprint density at radius 2 is 0.552 bits per heavy atom.